The minimum absolute atomic E-state index is 0. The molecule has 3 atom stereocenters. The van der Waals surface area contributed by atoms with Gasteiger partial charge in [0, 0.05) is 18.7 Å². The van der Waals surface area contributed by atoms with Crippen LogP contribution in [0.4, 0.5) is 0 Å². The SMILES string of the molecule is CC(C)C[C@H](N)C(=O)N1CCC[C@H]1C(=O)N[C@@H](CC1=CC=CC=[N+]1)c1ccccc1.Cl.[Cl-]. The highest BCUT2D eigenvalue weighted by Gasteiger charge is 2.37. The fourth-order valence-corrected chi connectivity index (χ4v) is 4.06. The summed E-state index contributed by atoms with van der Waals surface area (Å²) in [6.07, 6.45) is 10.2. The summed E-state index contributed by atoms with van der Waals surface area (Å²) in [5.74, 6) is 0.0874. The third kappa shape index (κ3) is 7.47. The predicted octanol–water partition coefficient (Wildman–Crippen LogP) is -0.115. The lowest BCUT2D eigenvalue weighted by molar-refractivity contribution is -0.140. The van der Waals surface area contributed by atoms with Gasteiger partial charge in [0.05, 0.1) is 23.5 Å². The van der Waals surface area contributed by atoms with Crippen LogP contribution in [0.15, 0.2) is 54.3 Å². The first-order valence-corrected chi connectivity index (χ1v) is 10.8. The Balaban J connectivity index is 0.00000256. The monoisotopic (exact) mass is 479 g/mol. The molecule has 175 valence electrons. The Hall–Kier alpha value is -2.15. The van der Waals surface area contributed by atoms with E-state index in [1.54, 1.807) is 11.1 Å². The van der Waals surface area contributed by atoms with Crippen molar-refractivity contribution in [3.8, 4) is 0 Å². The number of hydrogen-bond donors (Lipinski definition) is 2. The Morgan fingerprint density at radius 2 is 1.94 bits per heavy atom. The van der Waals surface area contributed by atoms with Gasteiger partial charge in [-0.05, 0) is 36.8 Å². The smallest absolute Gasteiger partial charge is 0.256 e. The molecule has 2 amide bonds. The van der Waals surface area contributed by atoms with E-state index in [4.69, 9.17) is 5.73 Å². The standard InChI is InChI=1S/C24H32N4O2.2ClH/c1-17(2)15-20(25)24(30)28-14-8-12-22(28)23(29)27-21(18-9-4-3-5-10-18)16-19-11-6-7-13-26-19;;/h3-7,9-11,13,17,20-22H,8,12,14-16,25H2,1-2H3,(H,27,29);2*1H/q+1;;/p-1/t20-,21-,22-;;/m0../s1. The van der Waals surface area contributed by atoms with Crippen LogP contribution in [0.25, 0.3) is 0 Å². The van der Waals surface area contributed by atoms with Crippen molar-refractivity contribution in [2.75, 3.05) is 6.54 Å². The van der Waals surface area contributed by atoms with Crippen molar-refractivity contribution >= 4 is 30.4 Å². The number of carbonyl (C=O) groups excluding carboxylic acids is 2. The summed E-state index contributed by atoms with van der Waals surface area (Å²) in [4.78, 5) is 32.1. The fourth-order valence-electron chi connectivity index (χ4n) is 4.06. The molecule has 1 aromatic rings. The van der Waals surface area contributed by atoms with E-state index in [9.17, 15) is 9.59 Å². The van der Waals surface area contributed by atoms with Crippen LogP contribution in [0.2, 0.25) is 0 Å². The molecule has 8 heteroatoms. The Morgan fingerprint density at radius 1 is 1.22 bits per heavy atom. The van der Waals surface area contributed by atoms with Gasteiger partial charge in [0.1, 0.15) is 6.04 Å². The van der Waals surface area contributed by atoms with E-state index < -0.39 is 12.1 Å². The van der Waals surface area contributed by atoms with Gasteiger partial charge in [0.15, 0.2) is 0 Å². The Labute approximate surface area is 203 Å². The van der Waals surface area contributed by atoms with Crippen LogP contribution < -0.4 is 28.4 Å². The number of nitrogens with two attached hydrogens (primary N) is 1. The first kappa shape index (κ1) is 27.9. The third-order valence-corrected chi connectivity index (χ3v) is 5.54. The van der Waals surface area contributed by atoms with Crippen LogP contribution >= 0.6 is 12.4 Å². The van der Waals surface area contributed by atoms with Crippen LogP contribution in [0.1, 0.15) is 51.1 Å². The van der Waals surface area contributed by atoms with E-state index in [0.29, 0.717) is 31.7 Å². The lowest BCUT2D eigenvalue weighted by atomic mass is 10.00. The number of nitrogens with one attached hydrogen (secondary N) is 1. The zero-order chi connectivity index (χ0) is 21.5. The van der Waals surface area contributed by atoms with Gasteiger partial charge in [-0.3, -0.25) is 9.59 Å². The molecular formula is C24H33Cl2N4O2. The van der Waals surface area contributed by atoms with Gasteiger partial charge in [-0.25, -0.2) is 0 Å². The molecule has 2 heterocycles. The van der Waals surface area contributed by atoms with E-state index in [2.05, 4.69) is 10.3 Å². The van der Waals surface area contributed by atoms with Gasteiger partial charge in [0.25, 0.3) is 5.70 Å². The van der Waals surface area contributed by atoms with E-state index >= 15 is 0 Å². The lowest BCUT2D eigenvalue weighted by Crippen LogP contribution is -3.00. The molecule has 1 aromatic carbocycles. The number of likely N-dealkylation sites (tertiary alicyclic amines) is 1. The lowest BCUT2D eigenvalue weighted by Gasteiger charge is -2.29. The number of benzene rings is 1. The van der Waals surface area contributed by atoms with E-state index in [-0.39, 0.29) is 42.7 Å². The second kappa shape index (κ2) is 13.4. The van der Waals surface area contributed by atoms with Crippen molar-refractivity contribution in [1.29, 1.82) is 0 Å². The molecule has 0 spiro atoms. The summed E-state index contributed by atoms with van der Waals surface area (Å²) in [6, 6.07) is 8.65. The molecule has 32 heavy (non-hydrogen) atoms. The highest BCUT2D eigenvalue weighted by molar-refractivity contribution is 5.90. The molecule has 1 fully saturated rings. The van der Waals surface area contributed by atoms with Crippen LogP contribution in [0, 0.1) is 5.92 Å². The second-order valence-corrected chi connectivity index (χ2v) is 8.42. The van der Waals surface area contributed by atoms with E-state index in [0.717, 1.165) is 17.7 Å². The van der Waals surface area contributed by atoms with Gasteiger partial charge < -0.3 is 28.4 Å². The second-order valence-electron chi connectivity index (χ2n) is 8.42. The average molecular weight is 480 g/mol. The number of carbonyl (C=O) groups is 2. The number of aliphatic imine (C=N–C) groups is 1. The topological polar surface area (TPSA) is 89.5 Å². The Morgan fingerprint density at radius 3 is 2.56 bits per heavy atom. The molecule has 2 aliphatic heterocycles. The normalized spacial score (nSPS) is 18.9. The molecule has 2 aliphatic rings. The van der Waals surface area contributed by atoms with Crippen molar-refractivity contribution in [1.82, 2.24) is 15.2 Å². The van der Waals surface area contributed by atoms with Crippen molar-refractivity contribution < 1.29 is 22.0 Å². The molecule has 3 rings (SSSR count). The zero-order valence-corrected chi connectivity index (χ0v) is 20.2. The summed E-state index contributed by atoms with van der Waals surface area (Å²) >= 11 is 0. The number of rotatable bonds is 8. The molecule has 1 saturated heterocycles. The summed E-state index contributed by atoms with van der Waals surface area (Å²) in [6.45, 7) is 4.67. The fraction of sp³-hybridized carbons (Fsp3) is 0.458. The highest BCUT2D eigenvalue weighted by Crippen LogP contribution is 2.24. The number of nitrogens with zero attached hydrogens (tertiary/aromatic N) is 2. The predicted molar refractivity (Wildman–Crippen MR) is 127 cm³/mol. The Bertz CT molecular complexity index is 840. The summed E-state index contributed by atoms with van der Waals surface area (Å²) in [5.41, 5.74) is 8.05. The third-order valence-electron chi connectivity index (χ3n) is 5.54. The van der Waals surface area contributed by atoms with Crippen molar-refractivity contribution in [2.45, 2.75) is 57.7 Å². The zero-order valence-electron chi connectivity index (χ0n) is 18.6. The quantitative estimate of drug-likeness (QED) is 0.544. The molecule has 0 aliphatic carbocycles. The summed E-state index contributed by atoms with van der Waals surface area (Å²) in [7, 11) is 0. The van der Waals surface area contributed by atoms with Crippen LogP contribution in [0.5, 0.6) is 0 Å². The van der Waals surface area contributed by atoms with Gasteiger partial charge in [0.2, 0.25) is 18.0 Å². The molecule has 6 nitrogen and oxygen atoms in total. The maximum absolute atomic E-state index is 13.2. The van der Waals surface area contributed by atoms with Gasteiger partial charge in [-0.2, -0.15) is 0 Å². The van der Waals surface area contributed by atoms with Gasteiger partial charge in [-0.1, -0.05) is 44.2 Å². The molecule has 1 radical (unpaired) electrons. The molecule has 0 unspecified atom stereocenters. The number of halogens is 2. The van der Waals surface area contributed by atoms with Crippen LogP contribution in [-0.4, -0.2) is 41.6 Å². The van der Waals surface area contributed by atoms with Crippen molar-refractivity contribution in [3.63, 3.8) is 0 Å². The molecule has 3 N–H and O–H groups in total. The molecule has 0 saturated carbocycles. The summed E-state index contributed by atoms with van der Waals surface area (Å²) in [5, 5.41) is 3.17. The highest BCUT2D eigenvalue weighted by atomic mass is 35.5. The van der Waals surface area contributed by atoms with Gasteiger partial charge in [-0.15, -0.1) is 12.4 Å². The maximum atomic E-state index is 13.2. The number of amides is 2. The molecule has 0 aromatic heterocycles. The molecular weight excluding hydrogens is 447 g/mol. The molecule has 0 bridgehead atoms. The van der Waals surface area contributed by atoms with E-state index in [1.807, 2.05) is 62.4 Å². The van der Waals surface area contributed by atoms with Crippen molar-refractivity contribution in [2.24, 2.45) is 11.7 Å². The van der Waals surface area contributed by atoms with Crippen LogP contribution in [0.3, 0.4) is 0 Å². The first-order valence-electron chi connectivity index (χ1n) is 10.8. The Kier molecular flexibility index (Phi) is 11.7. The minimum Gasteiger partial charge on any atom is -1.00 e. The number of allylic oxidation sites excluding steroid dienone is 3. The van der Waals surface area contributed by atoms with Gasteiger partial charge >= 0.3 is 0 Å². The van der Waals surface area contributed by atoms with E-state index in [1.165, 1.54) is 0 Å². The largest absolute Gasteiger partial charge is 1.00 e. The average Bonchev–Trinajstić information content (AvgIpc) is 3.23. The summed E-state index contributed by atoms with van der Waals surface area (Å²) < 4.78 is 0. The first-order chi connectivity index (χ1) is 14.5. The van der Waals surface area contributed by atoms with Crippen LogP contribution in [-0.2, 0) is 9.59 Å². The maximum Gasteiger partial charge on any atom is 0.256 e. The minimum atomic E-state index is -0.558. The van der Waals surface area contributed by atoms with Crippen molar-refractivity contribution in [3.05, 3.63) is 59.8 Å². The number of hydrogen-bond acceptors (Lipinski definition) is 4.